The van der Waals surface area contributed by atoms with Gasteiger partial charge in [-0.25, -0.2) is 0 Å². The van der Waals surface area contributed by atoms with Gasteiger partial charge in [-0.15, -0.1) is 0 Å². The van der Waals surface area contributed by atoms with E-state index in [2.05, 4.69) is 41.1 Å². The van der Waals surface area contributed by atoms with Crippen LogP contribution in [0.1, 0.15) is 43.2 Å². The number of fused-ring (bicyclic) bond motifs is 5. The second-order valence-corrected chi connectivity index (χ2v) is 8.19. The number of rotatable bonds is 3. The van der Waals surface area contributed by atoms with Crippen molar-refractivity contribution < 1.29 is 14.3 Å². The summed E-state index contributed by atoms with van der Waals surface area (Å²) < 4.78 is 11.9. The van der Waals surface area contributed by atoms with E-state index in [0.717, 1.165) is 35.9 Å². The summed E-state index contributed by atoms with van der Waals surface area (Å²) in [5.74, 6) is 1.34. The zero-order valence-electron chi connectivity index (χ0n) is 14.0. The van der Waals surface area contributed by atoms with Gasteiger partial charge >= 0.3 is 0 Å². The molecule has 4 heteroatoms. The minimum atomic E-state index is 0.0447. The first-order valence-electron chi connectivity index (χ1n) is 8.44. The third kappa shape index (κ3) is 2.34. The van der Waals surface area contributed by atoms with Crippen LogP contribution in [0, 0.1) is 5.41 Å². The molecule has 3 atom stereocenters. The van der Waals surface area contributed by atoms with Crippen molar-refractivity contribution >= 4 is 33.2 Å². The van der Waals surface area contributed by atoms with Gasteiger partial charge in [-0.3, -0.25) is 4.79 Å². The van der Waals surface area contributed by atoms with Gasteiger partial charge in [0.25, 0.3) is 6.47 Å². The van der Waals surface area contributed by atoms with Crippen molar-refractivity contribution in [3.05, 3.63) is 39.9 Å². The number of carbonyl (C=O) groups is 1. The zero-order valence-corrected chi connectivity index (χ0v) is 15.6. The molecule has 2 aliphatic rings. The maximum atomic E-state index is 10.8. The molecule has 0 unspecified atom stereocenters. The normalized spacial score (nSPS) is 28.3. The van der Waals surface area contributed by atoms with Crippen molar-refractivity contribution in [2.24, 2.45) is 5.41 Å². The fourth-order valence-corrected chi connectivity index (χ4v) is 5.41. The number of benzene rings is 2. The van der Waals surface area contributed by atoms with Gasteiger partial charge in [-0.2, -0.15) is 0 Å². The van der Waals surface area contributed by atoms with Gasteiger partial charge < -0.3 is 9.47 Å². The Bertz CT molecular complexity index is 816. The summed E-state index contributed by atoms with van der Waals surface area (Å²) in [5, 5.41) is 2.51. The van der Waals surface area contributed by atoms with Crippen LogP contribution in [0.5, 0.6) is 5.75 Å². The van der Waals surface area contributed by atoms with Crippen LogP contribution in [-0.4, -0.2) is 19.7 Å². The molecule has 0 aromatic heterocycles. The highest BCUT2D eigenvalue weighted by atomic mass is 79.9. The topological polar surface area (TPSA) is 35.5 Å². The molecule has 2 aliphatic carbocycles. The lowest BCUT2D eigenvalue weighted by atomic mass is 9.66. The molecular formula is C20H21BrO3. The molecule has 4 rings (SSSR count). The van der Waals surface area contributed by atoms with Crippen LogP contribution in [0.2, 0.25) is 0 Å². The van der Waals surface area contributed by atoms with E-state index in [0.29, 0.717) is 12.4 Å². The van der Waals surface area contributed by atoms with Crippen molar-refractivity contribution in [1.29, 1.82) is 0 Å². The molecule has 3 nitrogen and oxygen atoms in total. The maximum Gasteiger partial charge on any atom is 0.293 e. The minimum absolute atomic E-state index is 0.0447. The molecule has 126 valence electrons. The first-order valence-corrected chi connectivity index (χ1v) is 9.23. The number of hydrogen-bond donors (Lipinski definition) is 0. The molecule has 24 heavy (non-hydrogen) atoms. The largest absolute Gasteiger partial charge is 0.497 e. The number of methoxy groups -OCH3 is 1. The van der Waals surface area contributed by atoms with Crippen LogP contribution in [-0.2, 0) is 16.0 Å². The third-order valence-corrected chi connectivity index (χ3v) is 6.70. The summed E-state index contributed by atoms with van der Waals surface area (Å²) in [6, 6.07) is 8.57. The smallest absolute Gasteiger partial charge is 0.293 e. The third-order valence-electron chi connectivity index (χ3n) is 6.04. The fourth-order valence-electron chi connectivity index (χ4n) is 4.82. The van der Waals surface area contributed by atoms with E-state index in [4.69, 9.17) is 9.47 Å². The van der Waals surface area contributed by atoms with E-state index < -0.39 is 0 Å². The monoisotopic (exact) mass is 388 g/mol. The molecule has 1 fully saturated rings. The van der Waals surface area contributed by atoms with Crippen LogP contribution in [0.25, 0.3) is 10.8 Å². The molecule has 0 aliphatic heterocycles. The molecule has 0 N–H and O–H groups in total. The molecular weight excluding hydrogens is 368 g/mol. The highest BCUT2D eigenvalue weighted by Crippen LogP contribution is 2.57. The standard InChI is InChI=1S/C20H21BrO3/c1-20-6-5-14-16-7-12(23-2)3-4-15(16)19(21)9-17(14)18(20)8-13(10-20)24-11-22/h3-4,7,9,11,13,18H,5-6,8,10H2,1-2H3/t13-,18-,20+/m0/s1. The van der Waals surface area contributed by atoms with Crippen LogP contribution >= 0.6 is 15.9 Å². The maximum absolute atomic E-state index is 10.8. The number of aryl methyl sites for hydroxylation is 1. The first kappa shape index (κ1) is 15.9. The lowest BCUT2D eigenvalue weighted by molar-refractivity contribution is -0.133. The molecule has 0 saturated heterocycles. The van der Waals surface area contributed by atoms with Gasteiger partial charge in [0.1, 0.15) is 11.9 Å². The fraction of sp³-hybridized carbons (Fsp3) is 0.450. The van der Waals surface area contributed by atoms with E-state index in [1.807, 2.05) is 6.07 Å². The van der Waals surface area contributed by atoms with E-state index in [1.54, 1.807) is 7.11 Å². The van der Waals surface area contributed by atoms with Gasteiger partial charge in [-0.1, -0.05) is 22.9 Å². The summed E-state index contributed by atoms with van der Waals surface area (Å²) in [5.41, 5.74) is 3.06. The predicted octanol–water partition coefficient (Wildman–Crippen LogP) is 4.98. The quantitative estimate of drug-likeness (QED) is 0.695. The van der Waals surface area contributed by atoms with E-state index >= 15 is 0 Å². The van der Waals surface area contributed by atoms with E-state index in [9.17, 15) is 4.79 Å². The lowest BCUT2D eigenvalue weighted by Crippen LogP contribution is -2.27. The molecule has 1 saturated carbocycles. The molecule has 0 bridgehead atoms. The molecule has 2 aromatic rings. The van der Waals surface area contributed by atoms with Crippen LogP contribution in [0.15, 0.2) is 28.7 Å². The lowest BCUT2D eigenvalue weighted by Gasteiger charge is -2.38. The average molecular weight is 389 g/mol. The Balaban J connectivity index is 1.87. The van der Waals surface area contributed by atoms with E-state index in [1.165, 1.54) is 21.9 Å². The zero-order chi connectivity index (χ0) is 16.9. The average Bonchev–Trinajstić information content (AvgIpc) is 2.91. The van der Waals surface area contributed by atoms with Crippen molar-refractivity contribution in [1.82, 2.24) is 0 Å². The minimum Gasteiger partial charge on any atom is -0.497 e. The van der Waals surface area contributed by atoms with Gasteiger partial charge in [0.2, 0.25) is 0 Å². The van der Waals surface area contributed by atoms with Gasteiger partial charge in [0, 0.05) is 4.47 Å². The Kier molecular flexibility index (Phi) is 3.83. The Morgan fingerprint density at radius 2 is 2.12 bits per heavy atom. The van der Waals surface area contributed by atoms with Crippen molar-refractivity contribution in [2.75, 3.05) is 7.11 Å². The predicted molar refractivity (Wildman–Crippen MR) is 97.5 cm³/mol. The number of carbonyl (C=O) groups excluding carboxylic acids is 1. The van der Waals surface area contributed by atoms with Crippen LogP contribution in [0.3, 0.4) is 0 Å². The second-order valence-electron chi connectivity index (χ2n) is 7.34. The summed E-state index contributed by atoms with van der Waals surface area (Å²) in [6.45, 7) is 2.95. The number of hydrogen-bond acceptors (Lipinski definition) is 3. The Hall–Kier alpha value is -1.55. The van der Waals surface area contributed by atoms with Gasteiger partial charge in [0.15, 0.2) is 0 Å². The Labute approximate surface area is 150 Å². The molecule has 0 spiro atoms. The highest BCUT2D eigenvalue weighted by Gasteiger charge is 2.48. The summed E-state index contributed by atoms with van der Waals surface area (Å²) in [7, 11) is 1.71. The Morgan fingerprint density at radius 1 is 1.29 bits per heavy atom. The SMILES string of the molecule is COc1ccc2c(Br)cc3c(c2c1)CC[C@]1(C)C[C@@H](OC=O)C[C@@H]31. The number of ether oxygens (including phenoxy) is 2. The Morgan fingerprint density at radius 3 is 2.88 bits per heavy atom. The molecule has 0 radical (unpaired) electrons. The van der Waals surface area contributed by atoms with Gasteiger partial charge in [-0.05, 0) is 83.2 Å². The van der Waals surface area contributed by atoms with Crippen molar-refractivity contribution in [3.8, 4) is 5.75 Å². The summed E-state index contributed by atoms with van der Waals surface area (Å²) in [6.07, 6.45) is 4.13. The van der Waals surface area contributed by atoms with Gasteiger partial charge in [0.05, 0.1) is 7.11 Å². The van der Waals surface area contributed by atoms with E-state index in [-0.39, 0.29) is 11.5 Å². The second kappa shape index (κ2) is 5.76. The number of halogens is 1. The van der Waals surface area contributed by atoms with Crippen LogP contribution in [0.4, 0.5) is 0 Å². The highest BCUT2D eigenvalue weighted by molar-refractivity contribution is 9.10. The van der Waals surface area contributed by atoms with Crippen molar-refractivity contribution in [2.45, 2.75) is 44.6 Å². The van der Waals surface area contributed by atoms with Crippen molar-refractivity contribution in [3.63, 3.8) is 0 Å². The molecule has 0 heterocycles. The first-order chi connectivity index (χ1) is 11.6. The summed E-state index contributed by atoms with van der Waals surface area (Å²) >= 11 is 3.75. The summed E-state index contributed by atoms with van der Waals surface area (Å²) in [4.78, 5) is 10.8. The van der Waals surface area contributed by atoms with Crippen LogP contribution < -0.4 is 4.74 Å². The molecule has 0 amide bonds. The molecule has 2 aromatic carbocycles.